The van der Waals surface area contributed by atoms with Gasteiger partial charge in [0.25, 0.3) is 0 Å². The van der Waals surface area contributed by atoms with Crippen LogP contribution >= 0.6 is 0 Å². The molecule has 0 spiro atoms. The fourth-order valence-corrected chi connectivity index (χ4v) is 1.48. The van der Waals surface area contributed by atoms with E-state index in [-0.39, 0.29) is 37.4 Å². The Kier molecular flexibility index (Phi) is 6.49. The van der Waals surface area contributed by atoms with Crippen LogP contribution in [0.15, 0.2) is 24.3 Å². The van der Waals surface area contributed by atoms with E-state index in [9.17, 15) is 14.0 Å². The lowest BCUT2D eigenvalue weighted by Crippen LogP contribution is -2.36. The number of hydrogen-bond donors (Lipinski definition) is 2. The summed E-state index contributed by atoms with van der Waals surface area (Å²) in [4.78, 5) is 22.7. The number of nitrogens with one attached hydrogen (secondary N) is 2. The zero-order valence-corrected chi connectivity index (χ0v) is 11.6. The van der Waals surface area contributed by atoms with E-state index in [2.05, 4.69) is 10.6 Å². The van der Waals surface area contributed by atoms with Crippen LogP contribution in [0.3, 0.4) is 0 Å². The molecule has 1 aromatic rings. The van der Waals surface area contributed by atoms with Crippen molar-refractivity contribution in [2.75, 3.05) is 6.54 Å². The molecular weight excluding hydrogens is 263 g/mol. The predicted molar refractivity (Wildman–Crippen MR) is 72.5 cm³/mol. The summed E-state index contributed by atoms with van der Waals surface area (Å²) in [6, 6.07) is 5.75. The number of rotatable bonds is 6. The van der Waals surface area contributed by atoms with Crippen LogP contribution < -0.4 is 10.6 Å². The van der Waals surface area contributed by atoms with Gasteiger partial charge >= 0.3 is 12.0 Å². The average molecular weight is 282 g/mol. The lowest BCUT2D eigenvalue weighted by Gasteiger charge is -2.09. The second-order valence-corrected chi connectivity index (χ2v) is 4.49. The number of carbonyl (C=O) groups is 2. The van der Waals surface area contributed by atoms with Crippen LogP contribution in [0, 0.1) is 5.82 Å². The molecule has 2 amide bonds. The molecule has 1 rings (SSSR count). The van der Waals surface area contributed by atoms with Crippen molar-refractivity contribution in [2.24, 2.45) is 0 Å². The zero-order chi connectivity index (χ0) is 15.0. The monoisotopic (exact) mass is 282 g/mol. The number of carbonyl (C=O) groups excluding carboxylic acids is 2. The minimum Gasteiger partial charge on any atom is -0.463 e. The smallest absolute Gasteiger partial charge is 0.315 e. The summed E-state index contributed by atoms with van der Waals surface area (Å²) in [5, 5.41) is 5.02. The van der Waals surface area contributed by atoms with Gasteiger partial charge in [0.2, 0.25) is 0 Å². The molecule has 6 heteroatoms. The molecule has 0 aromatic heterocycles. The lowest BCUT2D eigenvalue weighted by molar-refractivity contribution is -0.147. The molecule has 0 heterocycles. The number of hydrogen-bond acceptors (Lipinski definition) is 3. The minimum atomic E-state index is -0.453. The van der Waals surface area contributed by atoms with E-state index in [0.29, 0.717) is 5.56 Å². The van der Waals surface area contributed by atoms with Crippen LogP contribution in [-0.4, -0.2) is 24.6 Å². The second kappa shape index (κ2) is 8.14. The van der Waals surface area contributed by atoms with Gasteiger partial charge in [-0.2, -0.15) is 0 Å². The Morgan fingerprint density at radius 3 is 2.60 bits per heavy atom. The van der Waals surface area contributed by atoms with E-state index in [4.69, 9.17) is 4.74 Å². The molecule has 1 aromatic carbocycles. The van der Waals surface area contributed by atoms with Gasteiger partial charge in [-0.05, 0) is 19.9 Å². The van der Waals surface area contributed by atoms with Crippen LogP contribution in [0.2, 0.25) is 0 Å². The number of urea groups is 1. The van der Waals surface area contributed by atoms with E-state index < -0.39 is 6.03 Å². The second-order valence-electron chi connectivity index (χ2n) is 4.49. The molecule has 0 fully saturated rings. The third-order valence-electron chi connectivity index (χ3n) is 2.38. The lowest BCUT2D eigenvalue weighted by atomic mass is 10.2. The summed E-state index contributed by atoms with van der Waals surface area (Å²) in [5.41, 5.74) is 0.405. The first kappa shape index (κ1) is 15.9. The Morgan fingerprint density at radius 1 is 1.25 bits per heavy atom. The maximum absolute atomic E-state index is 13.3. The van der Waals surface area contributed by atoms with Crippen LogP contribution in [-0.2, 0) is 16.1 Å². The van der Waals surface area contributed by atoms with Crippen LogP contribution in [0.4, 0.5) is 9.18 Å². The van der Waals surface area contributed by atoms with Crippen molar-refractivity contribution in [3.05, 3.63) is 35.6 Å². The molecule has 5 nitrogen and oxygen atoms in total. The fourth-order valence-electron chi connectivity index (χ4n) is 1.48. The summed E-state index contributed by atoms with van der Waals surface area (Å²) in [6.45, 7) is 3.78. The number of halogens is 1. The van der Waals surface area contributed by atoms with Gasteiger partial charge in [0.15, 0.2) is 0 Å². The van der Waals surface area contributed by atoms with E-state index in [1.165, 1.54) is 6.07 Å². The molecule has 0 unspecified atom stereocenters. The minimum absolute atomic E-state index is 0.0922. The summed E-state index contributed by atoms with van der Waals surface area (Å²) in [7, 11) is 0. The Labute approximate surface area is 117 Å². The molecule has 0 saturated heterocycles. The topological polar surface area (TPSA) is 67.4 Å². The van der Waals surface area contributed by atoms with Crippen molar-refractivity contribution < 1.29 is 18.7 Å². The van der Waals surface area contributed by atoms with Crippen molar-refractivity contribution >= 4 is 12.0 Å². The Morgan fingerprint density at radius 2 is 1.95 bits per heavy atom. The van der Waals surface area contributed by atoms with Crippen molar-refractivity contribution in [1.82, 2.24) is 10.6 Å². The fraction of sp³-hybridized carbons (Fsp3) is 0.429. The van der Waals surface area contributed by atoms with Gasteiger partial charge in [-0.25, -0.2) is 9.18 Å². The molecule has 20 heavy (non-hydrogen) atoms. The molecule has 0 aliphatic carbocycles. The van der Waals surface area contributed by atoms with E-state index >= 15 is 0 Å². The first-order valence-electron chi connectivity index (χ1n) is 6.43. The molecule has 0 bridgehead atoms. The van der Waals surface area contributed by atoms with Gasteiger partial charge in [-0.1, -0.05) is 18.2 Å². The summed E-state index contributed by atoms with van der Waals surface area (Å²) in [6.07, 6.45) is -0.0666. The van der Waals surface area contributed by atoms with Crippen LogP contribution in [0.5, 0.6) is 0 Å². The number of amides is 2. The molecular formula is C14H19FN2O3. The molecule has 2 N–H and O–H groups in total. The van der Waals surface area contributed by atoms with E-state index in [0.717, 1.165) is 0 Å². The van der Waals surface area contributed by atoms with Crippen LogP contribution in [0.25, 0.3) is 0 Å². The third-order valence-corrected chi connectivity index (χ3v) is 2.38. The maximum Gasteiger partial charge on any atom is 0.315 e. The van der Waals surface area contributed by atoms with Gasteiger partial charge < -0.3 is 15.4 Å². The molecule has 0 atom stereocenters. The normalized spacial score (nSPS) is 10.2. The quantitative estimate of drug-likeness (QED) is 0.784. The summed E-state index contributed by atoms with van der Waals surface area (Å²) < 4.78 is 18.2. The van der Waals surface area contributed by atoms with E-state index in [1.54, 1.807) is 32.0 Å². The average Bonchev–Trinajstić information content (AvgIpc) is 2.37. The van der Waals surface area contributed by atoms with Gasteiger partial charge in [-0.3, -0.25) is 4.79 Å². The number of esters is 1. The molecule has 0 aliphatic heterocycles. The molecule has 0 aliphatic rings. The Hall–Kier alpha value is -2.11. The summed E-state index contributed by atoms with van der Waals surface area (Å²) >= 11 is 0. The maximum atomic E-state index is 13.3. The van der Waals surface area contributed by atoms with Gasteiger partial charge in [0.1, 0.15) is 5.82 Å². The zero-order valence-electron chi connectivity index (χ0n) is 11.6. The third kappa shape index (κ3) is 6.17. The van der Waals surface area contributed by atoms with Gasteiger partial charge in [0, 0.05) is 18.7 Å². The standard InChI is InChI=1S/C14H19FN2O3/c1-10(2)20-13(18)7-8-16-14(19)17-9-11-5-3-4-6-12(11)15/h3-6,10H,7-9H2,1-2H3,(H2,16,17,19). The number of benzene rings is 1. The highest BCUT2D eigenvalue weighted by Crippen LogP contribution is 2.05. The first-order chi connectivity index (χ1) is 9.49. The van der Waals surface area contributed by atoms with Crippen molar-refractivity contribution in [3.8, 4) is 0 Å². The van der Waals surface area contributed by atoms with Crippen molar-refractivity contribution in [2.45, 2.75) is 32.9 Å². The molecule has 110 valence electrons. The van der Waals surface area contributed by atoms with Gasteiger partial charge in [0.05, 0.1) is 12.5 Å². The Bertz CT molecular complexity index is 463. The SMILES string of the molecule is CC(C)OC(=O)CCNC(=O)NCc1ccccc1F. The predicted octanol–water partition coefficient (Wildman–Crippen LogP) is 1.97. The molecule has 0 saturated carbocycles. The highest BCUT2D eigenvalue weighted by atomic mass is 19.1. The summed E-state index contributed by atoms with van der Waals surface area (Å²) in [5.74, 6) is -0.734. The van der Waals surface area contributed by atoms with Crippen molar-refractivity contribution in [1.29, 1.82) is 0 Å². The Balaban J connectivity index is 2.21. The highest BCUT2D eigenvalue weighted by Gasteiger charge is 2.07. The first-order valence-corrected chi connectivity index (χ1v) is 6.43. The number of ether oxygens (including phenoxy) is 1. The largest absolute Gasteiger partial charge is 0.463 e. The van der Waals surface area contributed by atoms with Crippen molar-refractivity contribution in [3.63, 3.8) is 0 Å². The highest BCUT2D eigenvalue weighted by molar-refractivity contribution is 5.75. The van der Waals surface area contributed by atoms with Gasteiger partial charge in [-0.15, -0.1) is 0 Å². The van der Waals surface area contributed by atoms with Crippen LogP contribution in [0.1, 0.15) is 25.8 Å². The molecule has 0 radical (unpaired) electrons. The van der Waals surface area contributed by atoms with E-state index in [1.807, 2.05) is 0 Å².